The molecule has 0 aliphatic carbocycles. The minimum absolute atomic E-state index is 0.265. The Morgan fingerprint density at radius 3 is 2.87 bits per heavy atom. The average molecular weight is 404 g/mol. The number of imidazole rings is 1. The third-order valence-corrected chi connectivity index (χ3v) is 6.38. The maximum atomic E-state index is 13.4. The van der Waals surface area contributed by atoms with Crippen LogP contribution in [0.15, 0.2) is 48.8 Å². The van der Waals surface area contributed by atoms with Crippen molar-refractivity contribution in [3.8, 4) is 5.75 Å². The summed E-state index contributed by atoms with van der Waals surface area (Å²) in [7, 11) is 0. The molecular weight excluding hydrogens is 380 g/mol. The monoisotopic (exact) mass is 404 g/mol. The van der Waals surface area contributed by atoms with Crippen molar-refractivity contribution in [3.63, 3.8) is 0 Å². The second kappa shape index (κ2) is 6.58. The Morgan fingerprint density at radius 2 is 2.10 bits per heavy atom. The molecule has 2 aliphatic rings. The standard InChI is InChI=1S/C23H24N4O3/c1-14-6-5-10-26-13-15(25-21(14)26)9-11-27-22(29)19(20(24)28)17-12-23(27,2)30-18-8-4-3-7-16(17)18/h3-8,10,13,17,19H,9,11-12H2,1-2H3,(H2,24,28)/t17-,19+,23+/m0/s1. The molecule has 1 fully saturated rings. The summed E-state index contributed by atoms with van der Waals surface area (Å²) in [5, 5.41) is 0. The van der Waals surface area contributed by atoms with Gasteiger partial charge in [-0.3, -0.25) is 9.59 Å². The Hall–Kier alpha value is -3.35. The molecule has 4 heterocycles. The van der Waals surface area contributed by atoms with Crippen LogP contribution in [0.2, 0.25) is 0 Å². The molecule has 0 radical (unpaired) electrons. The Morgan fingerprint density at radius 1 is 1.30 bits per heavy atom. The summed E-state index contributed by atoms with van der Waals surface area (Å²) in [6.07, 6.45) is 5.03. The van der Waals surface area contributed by atoms with Crippen LogP contribution in [0.1, 0.15) is 36.1 Å². The van der Waals surface area contributed by atoms with Crippen molar-refractivity contribution >= 4 is 17.5 Å². The summed E-state index contributed by atoms with van der Waals surface area (Å²) in [6.45, 7) is 4.34. The summed E-state index contributed by atoms with van der Waals surface area (Å²) in [5.74, 6) is -1.29. The number of nitrogens with two attached hydrogens (primary N) is 1. The lowest BCUT2D eigenvalue weighted by atomic mass is 9.73. The lowest BCUT2D eigenvalue weighted by Gasteiger charge is -2.52. The highest BCUT2D eigenvalue weighted by Gasteiger charge is 2.55. The number of hydrogen-bond acceptors (Lipinski definition) is 4. The fourth-order valence-electron chi connectivity index (χ4n) is 4.93. The van der Waals surface area contributed by atoms with Crippen LogP contribution in [0, 0.1) is 12.8 Å². The van der Waals surface area contributed by atoms with E-state index in [9.17, 15) is 9.59 Å². The highest BCUT2D eigenvalue weighted by Crippen LogP contribution is 2.49. The highest BCUT2D eigenvalue weighted by atomic mass is 16.5. The number of rotatable bonds is 4. The number of primary amides is 1. The van der Waals surface area contributed by atoms with E-state index >= 15 is 0 Å². The number of benzene rings is 1. The van der Waals surface area contributed by atoms with Crippen LogP contribution in [0.4, 0.5) is 0 Å². The van der Waals surface area contributed by atoms with Crippen LogP contribution in [-0.4, -0.2) is 38.4 Å². The summed E-state index contributed by atoms with van der Waals surface area (Å²) >= 11 is 0. The predicted octanol–water partition coefficient (Wildman–Crippen LogP) is 2.41. The summed E-state index contributed by atoms with van der Waals surface area (Å²) in [5.41, 5.74) is 8.62. The summed E-state index contributed by atoms with van der Waals surface area (Å²) in [4.78, 5) is 32.0. The number of carbonyl (C=O) groups is 2. The van der Waals surface area contributed by atoms with Crippen molar-refractivity contribution < 1.29 is 14.3 Å². The molecule has 5 rings (SSSR count). The number of pyridine rings is 1. The van der Waals surface area contributed by atoms with Crippen LogP contribution in [0.3, 0.4) is 0 Å². The molecule has 7 heteroatoms. The van der Waals surface area contributed by atoms with Crippen LogP contribution in [-0.2, 0) is 16.0 Å². The van der Waals surface area contributed by atoms with Gasteiger partial charge < -0.3 is 19.8 Å². The molecule has 7 nitrogen and oxygen atoms in total. The first-order chi connectivity index (χ1) is 14.4. The van der Waals surface area contributed by atoms with E-state index in [1.165, 1.54) is 0 Å². The maximum absolute atomic E-state index is 13.4. The van der Waals surface area contributed by atoms with Gasteiger partial charge in [-0.1, -0.05) is 24.3 Å². The van der Waals surface area contributed by atoms with Crippen molar-refractivity contribution in [2.45, 2.75) is 38.3 Å². The molecule has 2 bridgehead atoms. The van der Waals surface area contributed by atoms with Gasteiger partial charge in [0.15, 0.2) is 5.72 Å². The zero-order chi connectivity index (χ0) is 21.0. The van der Waals surface area contributed by atoms with Crippen molar-refractivity contribution in [3.05, 3.63) is 65.6 Å². The molecule has 2 aliphatic heterocycles. The number of aromatic nitrogens is 2. The first kappa shape index (κ1) is 18.7. The van der Waals surface area contributed by atoms with E-state index in [0.717, 1.165) is 22.5 Å². The largest absolute Gasteiger partial charge is 0.468 e. The molecule has 0 spiro atoms. The number of ether oxygens (including phenoxy) is 1. The number of fused-ring (bicyclic) bond motifs is 5. The Bertz CT molecular complexity index is 1170. The summed E-state index contributed by atoms with van der Waals surface area (Å²) < 4.78 is 8.28. The van der Waals surface area contributed by atoms with E-state index < -0.39 is 17.6 Å². The minimum atomic E-state index is -0.883. The van der Waals surface area contributed by atoms with E-state index in [-0.39, 0.29) is 11.8 Å². The topological polar surface area (TPSA) is 89.9 Å². The SMILES string of the molecule is Cc1cccn2cc(CCN3C(=O)[C@@H](C(N)=O)[C@H]4C[C@@]3(C)Oc3ccccc34)nc12. The van der Waals surface area contributed by atoms with Gasteiger partial charge in [-0.25, -0.2) is 4.98 Å². The van der Waals surface area contributed by atoms with Gasteiger partial charge >= 0.3 is 0 Å². The fourth-order valence-corrected chi connectivity index (χ4v) is 4.93. The second-order valence-electron chi connectivity index (χ2n) is 8.40. The Balaban J connectivity index is 1.47. The number of aryl methyl sites for hydroxylation is 1. The van der Waals surface area contributed by atoms with Gasteiger partial charge in [0.1, 0.15) is 17.3 Å². The van der Waals surface area contributed by atoms with E-state index in [2.05, 4.69) is 0 Å². The van der Waals surface area contributed by atoms with E-state index in [1.807, 2.05) is 67.0 Å². The van der Waals surface area contributed by atoms with Crippen LogP contribution in [0.5, 0.6) is 5.75 Å². The van der Waals surface area contributed by atoms with Crippen LogP contribution in [0.25, 0.3) is 5.65 Å². The minimum Gasteiger partial charge on any atom is -0.468 e. The Labute approximate surface area is 174 Å². The molecule has 30 heavy (non-hydrogen) atoms. The maximum Gasteiger partial charge on any atom is 0.238 e. The molecule has 1 aromatic carbocycles. The summed E-state index contributed by atoms with van der Waals surface area (Å²) in [6, 6.07) is 11.6. The van der Waals surface area contributed by atoms with Gasteiger partial charge in [-0.05, 0) is 37.1 Å². The molecule has 154 valence electrons. The molecule has 3 atom stereocenters. The van der Waals surface area contributed by atoms with Crippen molar-refractivity contribution in [1.82, 2.24) is 14.3 Å². The third kappa shape index (κ3) is 2.76. The fraction of sp³-hybridized carbons (Fsp3) is 0.348. The number of para-hydroxylation sites is 1. The van der Waals surface area contributed by atoms with Crippen LogP contribution < -0.4 is 10.5 Å². The number of likely N-dealkylation sites (tertiary alicyclic amines) is 1. The quantitative estimate of drug-likeness (QED) is 0.676. The van der Waals surface area contributed by atoms with Gasteiger partial charge in [0, 0.05) is 37.7 Å². The average Bonchev–Trinajstić information content (AvgIpc) is 3.11. The van der Waals surface area contributed by atoms with Gasteiger partial charge in [-0.2, -0.15) is 0 Å². The molecule has 2 N–H and O–H groups in total. The lowest BCUT2D eigenvalue weighted by molar-refractivity contribution is -0.175. The van der Waals surface area contributed by atoms with E-state index in [0.29, 0.717) is 25.1 Å². The van der Waals surface area contributed by atoms with E-state index in [1.54, 1.807) is 4.90 Å². The molecule has 3 aromatic rings. The predicted molar refractivity (Wildman–Crippen MR) is 111 cm³/mol. The zero-order valence-corrected chi connectivity index (χ0v) is 17.0. The molecule has 1 saturated heterocycles. The number of nitrogens with zero attached hydrogens (tertiary/aromatic N) is 3. The molecule has 2 aromatic heterocycles. The van der Waals surface area contributed by atoms with E-state index in [4.69, 9.17) is 15.5 Å². The number of piperidine rings is 1. The smallest absolute Gasteiger partial charge is 0.238 e. The van der Waals surface area contributed by atoms with Gasteiger partial charge in [0.05, 0.1) is 5.69 Å². The second-order valence-corrected chi connectivity index (χ2v) is 8.40. The number of amides is 2. The first-order valence-electron chi connectivity index (χ1n) is 10.2. The third-order valence-electron chi connectivity index (χ3n) is 6.38. The van der Waals surface area contributed by atoms with Crippen molar-refractivity contribution in [2.24, 2.45) is 11.7 Å². The van der Waals surface area contributed by atoms with Gasteiger partial charge in [0.2, 0.25) is 11.8 Å². The number of hydrogen-bond donors (Lipinski definition) is 1. The van der Waals surface area contributed by atoms with Crippen LogP contribution >= 0.6 is 0 Å². The number of carbonyl (C=O) groups excluding carboxylic acids is 2. The normalized spacial score (nSPS) is 25.1. The van der Waals surface area contributed by atoms with Crippen molar-refractivity contribution in [2.75, 3.05) is 6.54 Å². The molecular formula is C23H24N4O3. The molecule has 0 unspecified atom stereocenters. The highest BCUT2D eigenvalue weighted by molar-refractivity contribution is 6.01. The van der Waals surface area contributed by atoms with Gasteiger partial charge in [0.25, 0.3) is 0 Å². The van der Waals surface area contributed by atoms with Crippen molar-refractivity contribution in [1.29, 1.82) is 0 Å². The lowest BCUT2D eigenvalue weighted by Crippen LogP contribution is -2.64. The molecule has 0 saturated carbocycles. The van der Waals surface area contributed by atoms with Gasteiger partial charge in [-0.15, -0.1) is 0 Å². The zero-order valence-electron chi connectivity index (χ0n) is 17.0. The first-order valence-corrected chi connectivity index (χ1v) is 10.2. The Kier molecular flexibility index (Phi) is 4.10. The molecule has 2 amide bonds.